The van der Waals surface area contributed by atoms with Gasteiger partial charge in [0.15, 0.2) is 15.8 Å². The van der Waals surface area contributed by atoms with Crippen LogP contribution >= 0.6 is 23.1 Å². The number of amides is 1. The van der Waals surface area contributed by atoms with Crippen molar-refractivity contribution >= 4 is 34.1 Å². The lowest BCUT2D eigenvalue weighted by Crippen LogP contribution is -2.11. The molecule has 0 saturated heterocycles. The van der Waals surface area contributed by atoms with Crippen molar-refractivity contribution in [2.75, 3.05) is 11.6 Å². The number of nitrogens with one attached hydrogen (secondary N) is 1. The summed E-state index contributed by atoms with van der Waals surface area (Å²) < 4.78 is 11.8. The van der Waals surface area contributed by atoms with Crippen molar-refractivity contribution in [3.05, 3.63) is 35.5 Å². The summed E-state index contributed by atoms with van der Waals surface area (Å²) in [5, 5.41) is 14.8. The fraction of sp³-hybridized carbons (Fsp3) is 0.250. The number of rotatable bonds is 4. The second kappa shape index (κ2) is 6.49. The van der Waals surface area contributed by atoms with E-state index in [1.807, 2.05) is 31.4 Å². The summed E-state index contributed by atoms with van der Waals surface area (Å²) in [6.45, 7) is 2.03. The largest absolute Gasteiger partial charge is 0.490 e. The molecule has 0 unspecified atom stereocenters. The second-order valence-electron chi connectivity index (χ2n) is 5.56. The molecule has 9 heteroatoms. The van der Waals surface area contributed by atoms with Crippen LogP contribution in [0.5, 0.6) is 5.75 Å². The van der Waals surface area contributed by atoms with Crippen LogP contribution in [0.2, 0.25) is 0 Å². The number of aromatic nitrogens is 3. The number of anilines is 1. The van der Waals surface area contributed by atoms with Crippen molar-refractivity contribution in [3.63, 3.8) is 0 Å². The number of hydrogen-bond acceptors (Lipinski definition) is 8. The first-order chi connectivity index (χ1) is 12.1. The van der Waals surface area contributed by atoms with Crippen LogP contribution in [0.4, 0.5) is 5.13 Å². The summed E-state index contributed by atoms with van der Waals surface area (Å²) in [4.78, 5) is 12.3. The third-order valence-corrected chi connectivity index (χ3v) is 5.54. The van der Waals surface area contributed by atoms with Crippen LogP contribution in [0.1, 0.15) is 23.0 Å². The number of fused-ring (bicyclic) bond motifs is 1. The van der Waals surface area contributed by atoms with E-state index >= 15 is 0 Å². The van der Waals surface area contributed by atoms with Crippen molar-refractivity contribution in [1.29, 1.82) is 0 Å². The van der Waals surface area contributed by atoms with Gasteiger partial charge in [0.25, 0.3) is 5.91 Å². The third-order valence-electron chi connectivity index (χ3n) is 3.72. The van der Waals surface area contributed by atoms with Gasteiger partial charge < -0.3 is 9.26 Å². The summed E-state index contributed by atoms with van der Waals surface area (Å²) in [5.41, 5.74) is 2.19. The van der Waals surface area contributed by atoms with E-state index in [0.717, 1.165) is 27.6 Å². The van der Waals surface area contributed by atoms with E-state index in [9.17, 15) is 4.79 Å². The van der Waals surface area contributed by atoms with Gasteiger partial charge in [-0.1, -0.05) is 28.3 Å². The van der Waals surface area contributed by atoms with Gasteiger partial charge >= 0.3 is 0 Å². The molecule has 0 fully saturated rings. The van der Waals surface area contributed by atoms with Crippen LogP contribution in [-0.2, 0) is 6.42 Å². The lowest BCUT2D eigenvalue weighted by Gasteiger charge is -2.02. The molecule has 1 atom stereocenters. The Bertz CT molecular complexity index is 937. The number of benzene rings is 1. The van der Waals surface area contributed by atoms with E-state index in [2.05, 4.69) is 20.7 Å². The molecule has 1 aliphatic heterocycles. The Balaban J connectivity index is 1.52. The monoisotopic (exact) mass is 374 g/mol. The number of carbonyl (C=O) groups excluding carboxylic acids is 1. The molecular formula is C16H14N4O3S2. The fourth-order valence-corrected chi connectivity index (χ4v) is 3.76. The quantitative estimate of drug-likeness (QED) is 0.552. The number of carbonyl (C=O) groups is 1. The summed E-state index contributed by atoms with van der Waals surface area (Å²) in [6, 6.07) is 7.44. The van der Waals surface area contributed by atoms with Gasteiger partial charge in [-0.3, -0.25) is 10.1 Å². The second-order valence-corrected chi connectivity index (χ2v) is 7.59. The Morgan fingerprint density at radius 2 is 2.24 bits per heavy atom. The average molecular weight is 374 g/mol. The standard InChI is InChI=1S/C16H14N4O3S2/c1-8-5-10-6-9(3-4-12(10)22-8)13-7-11(20-23-13)14(21)17-15-18-19-16(24-2)25-15/h3-4,6-8H,5H2,1-2H3,(H,17,18,21)/t8-/m1/s1. The van der Waals surface area contributed by atoms with Crippen LogP contribution in [0, 0.1) is 0 Å². The zero-order valence-electron chi connectivity index (χ0n) is 13.5. The van der Waals surface area contributed by atoms with E-state index in [1.54, 1.807) is 6.07 Å². The molecule has 1 amide bonds. The predicted molar refractivity (Wildman–Crippen MR) is 95.4 cm³/mol. The minimum atomic E-state index is -0.378. The molecule has 0 radical (unpaired) electrons. The lowest BCUT2D eigenvalue weighted by molar-refractivity contribution is 0.101. The van der Waals surface area contributed by atoms with E-state index in [1.165, 1.54) is 23.1 Å². The molecule has 25 heavy (non-hydrogen) atoms. The molecule has 128 valence electrons. The van der Waals surface area contributed by atoms with E-state index in [-0.39, 0.29) is 17.7 Å². The molecule has 2 aromatic heterocycles. The molecule has 1 N–H and O–H groups in total. The first-order valence-electron chi connectivity index (χ1n) is 7.58. The molecular weight excluding hydrogens is 360 g/mol. The Labute approximate surface area is 151 Å². The van der Waals surface area contributed by atoms with Gasteiger partial charge in [0, 0.05) is 18.1 Å². The van der Waals surface area contributed by atoms with Crippen LogP contribution in [0.25, 0.3) is 11.3 Å². The molecule has 3 aromatic rings. The zero-order valence-corrected chi connectivity index (χ0v) is 15.1. The predicted octanol–water partition coefficient (Wildman–Crippen LogP) is 3.49. The molecule has 4 rings (SSSR count). The van der Waals surface area contributed by atoms with Gasteiger partial charge in [-0.25, -0.2) is 0 Å². The van der Waals surface area contributed by atoms with Gasteiger partial charge in [0.1, 0.15) is 11.9 Å². The Kier molecular flexibility index (Phi) is 4.18. The maximum absolute atomic E-state index is 12.3. The van der Waals surface area contributed by atoms with Crippen molar-refractivity contribution in [2.45, 2.75) is 23.8 Å². The number of nitrogens with zero attached hydrogens (tertiary/aromatic N) is 3. The normalized spacial score (nSPS) is 15.7. The van der Waals surface area contributed by atoms with E-state index < -0.39 is 0 Å². The number of hydrogen-bond donors (Lipinski definition) is 1. The smallest absolute Gasteiger partial charge is 0.279 e. The first kappa shape index (κ1) is 16.1. The molecule has 7 nitrogen and oxygen atoms in total. The molecule has 0 aliphatic carbocycles. The third kappa shape index (κ3) is 3.24. The molecule has 3 heterocycles. The van der Waals surface area contributed by atoms with Crippen LogP contribution in [-0.4, -0.2) is 33.6 Å². The Hall–Kier alpha value is -2.39. The van der Waals surface area contributed by atoms with Crippen LogP contribution in [0.3, 0.4) is 0 Å². The van der Waals surface area contributed by atoms with Gasteiger partial charge in [0.2, 0.25) is 5.13 Å². The van der Waals surface area contributed by atoms with E-state index in [0.29, 0.717) is 10.9 Å². The van der Waals surface area contributed by atoms with Crippen LogP contribution in [0.15, 0.2) is 33.1 Å². The molecule has 0 saturated carbocycles. The van der Waals surface area contributed by atoms with Crippen molar-refractivity contribution < 1.29 is 14.1 Å². The van der Waals surface area contributed by atoms with Gasteiger partial charge in [0.05, 0.1) is 0 Å². The van der Waals surface area contributed by atoms with Gasteiger partial charge in [-0.15, -0.1) is 10.2 Å². The van der Waals surface area contributed by atoms with Crippen LogP contribution < -0.4 is 10.1 Å². The highest BCUT2D eigenvalue weighted by molar-refractivity contribution is 8.00. The minimum Gasteiger partial charge on any atom is -0.490 e. The van der Waals surface area contributed by atoms with Crippen molar-refractivity contribution in [2.24, 2.45) is 0 Å². The highest BCUT2D eigenvalue weighted by atomic mass is 32.2. The average Bonchev–Trinajstić information content (AvgIpc) is 3.32. The SMILES string of the molecule is CSc1nnc(NC(=O)c2cc(-c3ccc4c(c3)C[C@@H](C)O4)on2)s1. The van der Waals surface area contributed by atoms with Crippen molar-refractivity contribution in [1.82, 2.24) is 15.4 Å². The lowest BCUT2D eigenvalue weighted by atomic mass is 10.1. The first-order valence-corrected chi connectivity index (χ1v) is 9.62. The fourth-order valence-electron chi connectivity index (χ4n) is 2.60. The summed E-state index contributed by atoms with van der Waals surface area (Å²) in [5.74, 6) is 1.06. The molecule has 1 aromatic carbocycles. The maximum Gasteiger partial charge on any atom is 0.279 e. The minimum absolute atomic E-state index is 0.180. The number of thioether (sulfide) groups is 1. The zero-order chi connectivity index (χ0) is 17.4. The molecule has 1 aliphatic rings. The maximum atomic E-state index is 12.3. The molecule has 0 spiro atoms. The van der Waals surface area contributed by atoms with E-state index in [4.69, 9.17) is 9.26 Å². The Morgan fingerprint density at radius 1 is 1.36 bits per heavy atom. The van der Waals surface area contributed by atoms with Gasteiger partial charge in [-0.2, -0.15) is 0 Å². The topological polar surface area (TPSA) is 90.1 Å². The molecule has 0 bridgehead atoms. The summed E-state index contributed by atoms with van der Waals surface area (Å²) in [6.07, 6.45) is 2.94. The number of ether oxygens (including phenoxy) is 1. The summed E-state index contributed by atoms with van der Waals surface area (Å²) >= 11 is 2.78. The Morgan fingerprint density at radius 3 is 3.04 bits per heavy atom. The highest BCUT2D eigenvalue weighted by Gasteiger charge is 2.21. The highest BCUT2D eigenvalue weighted by Crippen LogP contribution is 2.33. The van der Waals surface area contributed by atoms with Gasteiger partial charge in [-0.05, 0) is 36.9 Å². The summed E-state index contributed by atoms with van der Waals surface area (Å²) in [7, 11) is 0. The van der Waals surface area contributed by atoms with Crippen molar-refractivity contribution in [3.8, 4) is 17.1 Å².